The van der Waals surface area contributed by atoms with Gasteiger partial charge in [0.25, 0.3) is 0 Å². The lowest BCUT2D eigenvalue weighted by molar-refractivity contribution is 1.13. The molecule has 7 heteroatoms. The lowest BCUT2D eigenvalue weighted by Crippen LogP contribution is -2.08. The summed E-state index contributed by atoms with van der Waals surface area (Å²) in [6.07, 6.45) is 1.74. The molecule has 1 heterocycles. The highest BCUT2D eigenvalue weighted by Crippen LogP contribution is 2.30. The Morgan fingerprint density at radius 3 is 2.53 bits per heavy atom. The smallest absolute Gasteiger partial charge is 0.244 e. The molecule has 1 N–H and O–H groups in total. The molecule has 0 aliphatic heterocycles. The first-order valence-corrected chi connectivity index (χ1v) is 10.5. The molecule has 150 valence electrons. The number of hydrazone groups is 1. The van der Waals surface area contributed by atoms with E-state index in [0.717, 1.165) is 37.9 Å². The molecule has 0 saturated heterocycles. The van der Waals surface area contributed by atoms with Gasteiger partial charge in [-0.15, -0.1) is 0 Å². The van der Waals surface area contributed by atoms with Crippen LogP contribution >= 0.6 is 27.5 Å². The topological polar surface area (TPSA) is 53.4 Å². The predicted octanol–water partition coefficient (Wildman–Crippen LogP) is 6.22. The summed E-state index contributed by atoms with van der Waals surface area (Å²) in [5, 5.41) is 5.90. The Hall–Kier alpha value is -2.96. The van der Waals surface area contributed by atoms with Gasteiger partial charge in [-0.05, 0) is 48.0 Å². The summed E-state index contributed by atoms with van der Waals surface area (Å²) < 4.78 is 0.960. The first kappa shape index (κ1) is 20.3. The van der Waals surface area contributed by atoms with Crippen LogP contribution in [0.1, 0.15) is 5.56 Å². The van der Waals surface area contributed by atoms with Crippen molar-refractivity contribution in [1.29, 1.82) is 0 Å². The van der Waals surface area contributed by atoms with E-state index in [1.165, 1.54) is 0 Å². The standard InChI is InChI=1S/C23H19BrClN5/c1-30(2)19-9-6-15(7-10-19)14-26-29-23-27-21-11-8-17(24)13-20(21)22(28-23)16-4-3-5-18(25)12-16/h3-14H,1-2H3,(H,27,28,29)/b26-14+. The lowest BCUT2D eigenvalue weighted by atomic mass is 10.1. The van der Waals surface area contributed by atoms with Gasteiger partial charge in [0.1, 0.15) is 0 Å². The van der Waals surface area contributed by atoms with Crippen molar-refractivity contribution >= 4 is 56.3 Å². The van der Waals surface area contributed by atoms with Crippen LogP contribution in [0.25, 0.3) is 22.2 Å². The number of aromatic nitrogens is 2. The number of halogens is 2. The summed E-state index contributed by atoms with van der Waals surface area (Å²) in [4.78, 5) is 11.4. The fourth-order valence-electron chi connectivity index (χ4n) is 3.03. The molecule has 0 amide bonds. The molecular weight excluding hydrogens is 462 g/mol. The zero-order chi connectivity index (χ0) is 21.1. The van der Waals surface area contributed by atoms with Crippen molar-refractivity contribution in [2.24, 2.45) is 5.10 Å². The summed E-state index contributed by atoms with van der Waals surface area (Å²) in [7, 11) is 4.02. The Morgan fingerprint density at radius 1 is 1.00 bits per heavy atom. The molecule has 0 aliphatic carbocycles. The van der Waals surface area contributed by atoms with Gasteiger partial charge in [-0.3, -0.25) is 0 Å². The third-order valence-corrected chi connectivity index (χ3v) is 5.27. The zero-order valence-corrected chi connectivity index (χ0v) is 18.8. The van der Waals surface area contributed by atoms with Gasteiger partial charge in [0.15, 0.2) is 0 Å². The number of hydrogen-bond donors (Lipinski definition) is 1. The van der Waals surface area contributed by atoms with Crippen LogP contribution in [0.3, 0.4) is 0 Å². The number of nitrogens with zero attached hydrogens (tertiary/aromatic N) is 4. The molecule has 0 fully saturated rings. The van der Waals surface area contributed by atoms with Crippen LogP contribution in [-0.4, -0.2) is 30.3 Å². The summed E-state index contributed by atoms with van der Waals surface area (Å²) in [6, 6.07) is 21.6. The second-order valence-electron chi connectivity index (χ2n) is 6.92. The Labute approximate surface area is 188 Å². The first-order valence-electron chi connectivity index (χ1n) is 9.29. The molecule has 4 rings (SSSR count). The van der Waals surface area contributed by atoms with Crippen molar-refractivity contribution in [3.63, 3.8) is 0 Å². The van der Waals surface area contributed by atoms with E-state index in [9.17, 15) is 0 Å². The van der Waals surface area contributed by atoms with E-state index >= 15 is 0 Å². The normalized spacial score (nSPS) is 11.2. The van der Waals surface area contributed by atoms with E-state index in [1.807, 2.05) is 80.8 Å². The van der Waals surface area contributed by atoms with E-state index in [1.54, 1.807) is 6.21 Å². The maximum absolute atomic E-state index is 6.20. The van der Waals surface area contributed by atoms with Crippen molar-refractivity contribution in [3.05, 3.63) is 81.8 Å². The number of benzene rings is 3. The largest absolute Gasteiger partial charge is 0.378 e. The van der Waals surface area contributed by atoms with Crippen LogP contribution in [-0.2, 0) is 0 Å². The molecule has 0 radical (unpaired) electrons. The van der Waals surface area contributed by atoms with Crippen LogP contribution in [0.15, 0.2) is 76.3 Å². The summed E-state index contributed by atoms with van der Waals surface area (Å²) in [5.41, 5.74) is 7.59. The van der Waals surface area contributed by atoms with Gasteiger partial charge in [-0.2, -0.15) is 5.10 Å². The number of fused-ring (bicyclic) bond motifs is 1. The molecule has 0 unspecified atom stereocenters. The highest BCUT2D eigenvalue weighted by atomic mass is 79.9. The Balaban J connectivity index is 1.67. The maximum Gasteiger partial charge on any atom is 0.244 e. The SMILES string of the molecule is CN(C)c1ccc(/C=N/Nc2nc(-c3cccc(Cl)c3)c3cc(Br)ccc3n2)cc1. The molecule has 4 aromatic rings. The van der Waals surface area contributed by atoms with E-state index in [4.69, 9.17) is 16.6 Å². The molecule has 0 atom stereocenters. The molecule has 1 aromatic heterocycles. The summed E-state index contributed by atoms with van der Waals surface area (Å²) >= 11 is 9.73. The minimum atomic E-state index is 0.418. The minimum Gasteiger partial charge on any atom is -0.378 e. The van der Waals surface area contributed by atoms with Gasteiger partial charge in [0, 0.05) is 40.2 Å². The molecule has 30 heavy (non-hydrogen) atoms. The highest BCUT2D eigenvalue weighted by Gasteiger charge is 2.11. The zero-order valence-electron chi connectivity index (χ0n) is 16.5. The molecule has 0 aliphatic rings. The van der Waals surface area contributed by atoms with Crippen LogP contribution < -0.4 is 10.3 Å². The number of anilines is 2. The Bertz CT molecular complexity index is 1220. The predicted molar refractivity (Wildman–Crippen MR) is 130 cm³/mol. The van der Waals surface area contributed by atoms with E-state index in [0.29, 0.717) is 11.0 Å². The van der Waals surface area contributed by atoms with Crippen LogP contribution in [0, 0.1) is 0 Å². The highest BCUT2D eigenvalue weighted by molar-refractivity contribution is 9.10. The summed E-state index contributed by atoms with van der Waals surface area (Å²) in [5.74, 6) is 0.418. The first-order chi connectivity index (χ1) is 14.5. The van der Waals surface area contributed by atoms with E-state index < -0.39 is 0 Å². The Morgan fingerprint density at radius 2 is 1.80 bits per heavy atom. The number of rotatable bonds is 5. The fourth-order valence-corrected chi connectivity index (χ4v) is 3.58. The average molecular weight is 481 g/mol. The second-order valence-corrected chi connectivity index (χ2v) is 8.28. The molecule has 3 aromatic carbocycles. The van der Waals surface area contributed by atoms with E-state index in [-0.39, 0.29) is 0 Å². The van der Waals surface area contributed by atoms with Gasteiger partial charge in [-0.1, -0.05) is 51.8 Å². The molecule has 0 saturated carbocycles. The van der Waals surface area contributed by atoms with Gasteiger partial charge in [-0.25, -0.2) is 15.4 Å². The summed E-state index contributed by atoms with van der Waals surface area (Å²) in [6.45, 7) is 0. The van der Waals surface area contributed by atoms with Crippen LogP contribution in [0.2, 0.25) is 5.02 Å². The minimum absolute atomic E-state index is 0.418. The number of hydrogen-bond acceptors (Lipinski definition) is 5. The van der Waals surface area contributed by atoms with E-state index in [2.05, 4.69) is 36.3 Å². The van der Waals surface area contributed by atoms with Crippen molar-refractivity contribution in [1.82, 2.24) is 9.97 Å². The fraction of sp³-hybridized carbons (Fsp3) is 0.0870. The second kappa shape index (κ2) is 8.81. The van der Waals surface area contributed by atoms with Crippen molar-refractivity contribution < 1.29 is 0 Å². The van der Waals surface area contributed by atoms with Crippen LogP contribution in [0.5, 0.6) is 0 Å². The molecule has 0 spiro atoms. The quantitative estimate of drug-likeness (QED) is 0.272. The van der Waals surface area contributed by atoms with Gasteiger partial charge in [0.2, 0.25) is 5.95 Å². The molecule has 5 nitrogen and oxygen atoms in total. The Kier molecular flexibility index (Phi) is 5.97. The maximum atomic E-state index is 6.20. The molecular formula is C23H19BrClN5. The monoisotopic (exact) mass is 479 g/mol. The number of nitrogens with one attached hydrogen (secondary N) is 1. The van der Waals surface area contributed by atoms with Crippen molar-refractivity contribution in [2.75, 3.05) is 24.4 Å². The van der Waals surface area contributed by atoms with Crippen molar-refractivity contribution in [2.45, 2.75) is 0 Å². The van der Waals surface area contributed by atoms with Crippen molar-refractivity contribution in [3.8, 4) is 11.3 Å². The van der Waals surface area contributed by atoms with Gasteiger partial charge in [0.05, 0.1) is 17.4 Å². The third kappa shape index (κ3) is 4.61. The average Bonchev–Trinajstić information content (AvgIpc) is 2.74. The van der Waals surface area contributed by atoms with Gasteiger partial charge < -0.3 is 4.90 Å². The lowest BCUT2D eigenvalue weighted by Gasteiger charge is -2.11. The molecule has 0 bridgehead atoms. The van der Waals surface area contributed by atoms with Crippen LogP contribution in [0.4, 0.5) is 11.6 Å². The van der Waals surface area contributed by atoms with Gasteiger partial charge >= 0.3 is 0 Å². The third-order valence-electron chi connectivity index (χ3n) is 4.54.